The van der Waals surface area contributed by atoms with Crippen LogP contribution in [0.15, 0.2) is 16.1 Å². The number of nitrogens with one attached hydrogen (secondary N) is 1. The number of carbonyl (C=O) groups excluding carboxylic acids is 1. The van der Waals surface area contributed by atoms with Crippen LogP contribution >= 0.6 is 11.8 Å². The van der Waals surface area contributed by atoms with Gasteiger partial charge in [0.25, 0.3) is 11.5 Å². The Kier molecular flexibility index (Phi) is 4.60. The molecule has 1 atom stereocenters. The Hall–Kier alpha value is -1.34. The van der Waals surface area contributed by atoms with Crippen molar-refractivity contribution in [3.63, 3.8) is 0 Å². The summed E-state index contributed by atoms with van der Waals surface area (Å²) < 4.78 is 1.53. The van der Waals surface area contributed by atoms with Crippen molar-refractivity contribution < 1.29 is 9.90 Å². The number of hydrogen-bond acceptors (Lipinski definition) is 5. The number of nitrogens with zero attached hydrogens (tertiary/aromatic N) is 2. The highest BCUT2D eigenvalue weighted by Gasteiger charge is 2.21. The van der Waals surface area contributed by atoms with E-state index in [0.29, 0.717) is 24.5 Å². The standard InChI is InChI=1S/C12H17N3O3S/c1-2-8(3-5-16)14-10(17)9-7-13-12-15(11(9)18)4-6-19-12/h7-8,16H,2-6H2,1H3,(H,14,17). The third-order valence-electron chi connectivity index (χ3n) is 3.11. The lowest BCUT2D eigenvalue weighted by molar-refractivity contribution is 0.0926. The van der Waals surface area contributed by atoms with Gasteiger partial charge in [0.1, 0.15) is 5.56 Å². The summed E-state index contributed by atoms with van der Waals surface area (Å²) in [6.07, 6.45) is 2.53. The van der Waals surface area contributed by atoms with Gasteiger partial charge < -0.3 is 10.4 Å². The predicted octanol–water partition coefficient (Wildman–Crippen LogP) is 0.240. The highest BCUT2D eigenvalue weighted by Crippen LogP contribution is 2.20. The lowest BCUT2D eigenvalue weighted by Gasteiger charge is -2.15. The van der Waals surface area contributed by atoms with Crippen molar-refractivity contribution in [2.45, 2.75) is 37.5 Å². The van der Waals surface area contributed by atoms with Gasteiger partial charge in [-0.25, -0.2) is 4.98 Å². The first-order chi connectivity index (χ1) is 9.17. The summed E-state index contributed by atoms with van der Waals surface area (Å²) in [5, 5.41) is 12.3. The van der Waals surface area contributed by atoms with Gasteiger partial charge >= 0.3 is 0 Å². The first-order valence-corrected chi connectivity index (χ1v) is 7.30. The SMILES string of the molecule is CCC(CCO)NC(=O)c1cnc2n(c1=O)CCS2. The molecular weight excluding hydrogens is 266 g/mol. The molecule has 1 unspecified atom stereocenters. The molecule has 6 nitrogen and oxygen atoms in total. The molecule has 0 saturated heterocycles. The van der Waals surface area contributed by atoms with E-state index in [4.69, 9.17) is 5.11 Å². The molecule has 1 aliphatic heterocycles. The topological polar surface area (TPSA) is 84.2 Å². The third-order valence-corrected chi connectivity index (χ3v) is 4.08. The van der Waals surface area contributed by atoms with Crippen molar-refractivity contribution in [2.24, 2.45) is 0 Å². The van der Waals surface area contributed by atoms with Gasteiger partial charge in [-0.15, -0.1) is 0 Å². The average Bonchev–Trinajstić information content (AvgIpc) is 2.87. The summed E-state index contributed by atoms with van der Waals surface area (Å²) in [6.45, 7) is 2.53. The molecule has 0 radical (unpaired) electrons. The Bertz CT molecular complexity index is 529. The normalized spacial score (nSPS) is 15.1. The molecular formula is C12H17N3O3S. The van der Waals surface area contributed by atoms with E-state index in [1.165, 1.54) is 22.5 Å². The highest BCUT2D eigenvalue weighted by atomic mass is 32.2. The summed E-state index contributed by atoms with van der Waals surface area (Å²) in [7, 11) is 0. The number of fused-ring (bicyclic) bond motifs is 1. The summed E-state index contributed by atoms with van der Waals surface area (Å²) >= 11 is 1.52. The molecule has 2 N–H and O–H groups in total. The van der Waals surface area contributed by atoms with Crippen LogP contribution in [0, 0.1) is 0 Å². The van der Waals surface area contributed by atoms with Gasteiger partial charge in [0.15, 0.2) is 5.16 Å². The Morgan fingerprint density at radius 2 is 2.47 bits per heavy atom. The van der Waals surface area contributed by atoms with Crippen molar-refractivity contribution in [1.82, 2.24) is 14.9 Å². The molecule has 7 heteroatoms. The smallest absolute Gasteiger partial charge is 0.267 e. The minimum atomic E-state index is -0.412. The number of hydrogen-bond donors (Lipinski definition) is 2. The van der Waals surface area contributed by atoms with E-state index in [0.717, 1.165) is 5.75 Å². The van der Waals surface area contributed by atoms with Gasteiger partial charge in [0.05, 0.1) is 0 Å². The van der Waals surface area contributed by atoms with Crippen LogP contribution in [0.1, 0.15) is 30.1 Å². The van der Waals surface area contributed by atoms with E-state index < -0.39 is 5.91 Å². The molecule has 1 aliphatic rings. The Morgan fingerprint density at radius 3 is 3.16 bits per heavy atom. The van der Waals surface area contributed by atoms with Crippen LogP contribution in [-0.4, -0.2) is 39.0 Å². The van der Waals surface area contributed by atoms with Gasteiger partial charge in [0, 0.05) is 31.1 Å². The number of aromatic nitrogens is 2. The fourth-order valence-electron chi connectivity index (χ4n) is 1.97. The Labute approximate surface area is 115 Å². The number of aliphatic hydroxyl groups excluding tert-OH is 1. The van der Waals surface area contributed by atoms with E-state index in [1.54, 1.807) is 0 Å². The van der Waals surface area contributed by atoms with Gasteiger partial charge in [-0.3, -0.25) is 14.2 Å². The molecule has 0 saturated carbocycles. The van der Waals surface area contributed by atoms with Gasteiger partial charge in [-0.05, 0) is 12.8 Å². The minimum Gasteiger partial charge on any atom is -0.396 e. The van der Waals surface area contributed by atoms with Crippen molar-refractivity contribution in [2.75, 3.05) is 12.4 Å². The van der Waals surface area contributed by atoms with Crippen molar-refractivity contribution in [1.29, 1.82) is 0 Å². The van der Waals surface area contributed by atoms with Crippen molar-refractivity contribution in [3.05, 3.63) is 22.1 Å². The number of amides is 1. The molecule has 1 aromatic rings. The lowest BCUT2D eigenvalue weighted by Crippen LogP contribution is -2.39. The number of thioether (sulfide) groups is 1. The number of carbonyl (C=O) groups is 1. The second-order valence-corrected chi connectivity index (χ2v) is 5.41. The second kappa shape index (κ2) is 6.21. The molecule has 2 rings (SSSR count). The van der Waals surface area contributed by atoms with Crippen molar-refractivity contribution in [3.8, 4) is 0 Å². The molecule has 0 bridgehead atoms. The summed E-state index contributed by atoms with van der Waals surface area (Å²) in [4.78, 5) is 28.3. The van der Waals surface area contributed by atoms with Crippen LogP contribution in [0.5, 0.6) is 0 Å². The zero-order valence-electron chi connectivity index (χ0n) is 10.8. The largest absolute Gasteiger partial charge is 0.396 e. The van der Waals surface area contributed by atoms with Gasteiger partial charge in [-0.2, -0.15) is 0 Å². The highest BCUT2D eigenvalue weighted by molar-refractivity contribution is 7.99. The second-order valence-electron chi connectivity index (χ2n) is 4.35. The van der Waals surface area contributed by atoms with Gasteiger partial charge in [0.2, 0.25) is 0 Å². The minimum absolute atomic E-state index is 0.0108. The van der Waals surface area contributed by atoms with E-state index in [9.17, 15) is 9.59 Å². The third kappa shape index (κ3) is 2.98. The maximum atomic E-state index is 12.1. The van der Waals surface area contributed by atoms with Crippen LogP contribution in [0.25, 0.3) is 0 Å². The lowest BCUT2D eigenvalue weighted by atomic mass is 10.1. The molecule has 104 valence electrons. The summed E-state index contributed by atoms with van der Waals surface area (Å²) in [5.41, 5.74) is -0.214. The van der Waals surface area contributed by atoms with Crippen molar-refractivity contribution >= 4 is 17.7 Å². The Morgan fingerprint density at radius 1 is 1.68 bits per heavy atom. The van der Waals surface area contributed by atoms with E-state index >= 15 is 0 Å². The summed E-state index contributed by atoms with van der Waals surface area (Å²) in [5.74, 6) is 0.403. The fraction of sp³-hybridized carbons (Fsp3) is 0.583. The molecule has 1 aromatic heterocycles. The van der Waals surface area contributed by atoms with Crippen LogP contribution in [-0.2, 0) is 6.54 Å². The Balaban J connectivity index is 2.18. The molecule has 1 amide bonds. The zero-order chi connectivity index (χ0) is 13.8. The predicted molar refractivity (Wildman–Crippen MR) is 72.5 cm³/mol. The quantitative estimate of drug-likeness (QED) is 0.756. The van der Waals surface area contributed by atoms with Crippen LogP contribution in [0.3, 0.4) is 0 Å². The van der Waals surface area contributed by atoms with E-state index in [-0.39, 0.29) is 23.8 Å². The van der Waals surface area contributed by atoms with E-state index in [1.807, 2.05) is 6.92 Å². The molecule has 0 aromatic carbocycles. The van der Waals surface area contributed by atoms with Crippen LogP contribution in [0.4, 0.5) is 0 Å². The molecule has 19 heavy (non-hydrogen) atoms. The number of rotatable bonds is 5. The molecule has 0 spiro atoms. The average molecular weight is 283 g/mol. The first kappa shape index (κ1) is 14.1. The monoisotopic (exact) mass is 283 g/mol. The first-order valence-electron chi connectivity index (χ1n) is 6.31. The zero-order valence-corrected chi connectivity index (χ0v) is 11.6. The van der Waals surface area contributed by atoms with E-state index in [2.05, 4.69) is 10.3 Å². The molecule has 2 heterocycles. The summed E-state index contributed by atoms with van der Waals surface area (Å²) in [6, 6.07) is -0.121. The molecule has 0 aliphatic carbocycles. The van der Waals surface area contributed by atoms with Crippen LogP contribution in [0.2, 0.25) is 0 Å². The van der Waals surface area contributed by atoms with Gasteiger partial charge in [-0.1, -0.05) is 18.7 Å². The molecule has 0 fully saturated rings. The fourth-order valence-corrected chi connectivity index (χ4v) is 2.88. The maximum Gasteiger partial charge on any atom is 0.267 e. The maximum absolute atomic E-state index is 12.1. The van der Waals surface area contributed by atoms with Crippen LogP contribution < -0.4 is 10.9 Å². The number of aliphatic hydroxyl groups is 1.